The lowest BCUT2D eigenvalue weighted by atomic mass is 10.0. The highest BCUT2D eigenvalue weighted by Gasteiger charge is 2.32. The summed E-state index contributed by atoms with van der Waals surface area (Å²) in [6.45, 7) is 7.50. The Hall–Kier alpha value is -1.64. The topological polar surface area (TPSA) is 69.7 Å². The summed E-state index contributed by atoms with van der Waals surface area (Å²) in [6.07, 6.45) is 0. The van der Waals surface area contributed by atoms with Gasteiger partial charge in [-0.05, 0) is 42.7 Å². The van der Waals surface area contributed by atoms with Crippen molar-refractivity contribution >= 4 is 44.8 Å². The zero-order valence-electron chi connectivity index (χ0n) is 17.8. The van der Waals surface area contributed by atoms with Crippen molar-refractivity contribution in [2.75, 3.05) is 31.5 Å². The molecule has 1 N–H and O–H groups in total. The predicted octanol–water partition coefficient (Wildman–Crippen LogP) is 4.45. The first kappa shape index (κ1) is 24.0. The number of nitrogens with one attached hydrogen (secondary N) is 1. The van der Waals surface area contributed by atoms with Crippen LogP contribution in [0.1, 0.15) is 32.3 Å². The Morgan fingerprint density at radius 3 is 2.16 bits per heavy atom. The quantitative estimate of drug-likeness (QED) is 0.658. The predicted molar refractivity (Wildman–Crippen MR) is 125 cm³/mol. The molecule has 3 rings (SSSR count). The van der Waals surface area contributed by atoms with Crippen LogP contribution in [0, 0.1) is 0 Å². The number of sulfonamides is 1. The Labute approximate surface area is 194 Å². The van der Waals surface area contributed by atoms with Gasteiger partial charge in [-0.1, -0.05) is 55.2 Å². The van der Waals surface area contributed by atoms with Gasteiger partial charge in [0.25, 0.3) is 0 Å². The average molecular weight is 484 g/mol. The molecule has 2 aromatic carbocycles. The molecule has 1 heterocycles. The number of carbonyl (C=O) groups excluding carboxylic acids is 1. The minimum atomic E-state index is -3.56. The third-order valence-electron chi connectivity index (χ3n) is 5.59. The smallest absolute Gasteiger partial charge is 0.243 e. The molecule has 0 aliphatic carbocycles. The van der Waals surface area contributed by atoms with E-state index in [-0.39, 0.29) is 5.91 Å². The fourth-order valence-corrected chi connectivity index (χ4v) is 5.28. The van der Waals surface area contributed by atoms with Gasteiger partial charge in [0.15, 0.2) is 0 Å². The van der Waals surface area contributed by atoms with Crippen molar-refractivity contribution < 1.29 is 13.2 Å². The molecule has 0 spiro atoms. The first-order chi connectivity index (χ1) is 14.6. The van der Waals surface area contributed by atoms with Gasteiger partial charge in [0.05, 0.1) is 26.7 Å². The maximum Gasteiger partial charge on any atom is 0.243 e. The largest absolute Gasteiger partial charge is 0.323 e. The van der Waals surface area contributed by atoms with Crippen LogP contribution in [0.5, 0.6) is 0 Å². The summed E-state index contributed by atoms with van der Waals surface area (Å²) in [5.41, 5.74) is 1.56. The number of anilines is 1. The van der Waals surface area contributed by atoms with Crippen molar-refractivity contribution in [2.45, 2.75) is 37.6 Å². The Morgan fingerprint density at radius 2 is 1.58 bits per heavy atom. The first-order valence-electron chi connectivity index (χ1n) is 10.2. The molecular weight excluding hydrogens is 457 g/mol. The molecule has 1 aliphatic heterocycles. The molecule has 2 aromatic rings. The van der Waals surface area contributed by atoms with Crippen LogP contribution < -0.4 is 5.32 Å². The van der Waals surface area contributed by atoms with Gasteiger partial charge in [0.2, 0.25) is 15.9 Å². The molecule has 9 heteroatoms. The highest BCUT2D eigenvalue weighted by atomic mass is 35.5. The summed E-state index contributed by atoms with van der Waals surface area (Å²) in [6, 6.07) is 11.7. The van der Waals surface area contributed by atoms with E-state index in [0.717, 1.165) is 5.56 Å². The van der Waals surface area contributed by atoms with Crippen molar-refractivity contribution in [2.24, 2.45) is 0 Å². The lowest BCUT2D eigenvalue weighted by Gasteiger charge is -2.36. The molecule has 6 nitrogen and oxygen atoms in total. The fraction of sp³-hybridized carbons (Fsp3) is 0.409. The first-order valence-corrected chi connectivity index (χ1v) is 12.4. The maximum absolute atomic E-state index is 13.0. The van der Waals surface area contributed by atoms with E-state index in [1.54, 1.807) is 37.3 Å². The van der Waals surface area contributed by atoms with Gasteiger partial charge in [-0.3, -0.25) is 9.69 Å². The summed E-state index contributed by atoms with van der Waals surface area (Å²) >= 11 is 12.2. The second-order valence-electron chi connectivity index (χ2n) is 7.93. The fourth-order valence-electron chi connectivity index (χ4n) is 3.51. The minimum Gasteiger partial charge on any atom is -0.323 e. The standard InChI is InChI=1S/C22H27Cl2N3O3S/c1-15(2)17-7-9-18(10-8-17)31(29,30)27-13-11-26(12-14-27)16(3)22(28)25-20-6-4-5-19(23)21(20)24/h4-10,15-16H,11-14H2,1-3H3,(H,25,28)/t16-/m0/s1. The number of hydrogen-bond acceptors (Lipinski definition) is 4. The number of rotatable bonds is 6. The second kappa shape index (κ2) is 9.88. The molecule has 0 aromatic heterocycles. The van der Waals surface area contributed by atoms with Crippen molar-refractivity contribution in [1.29, 1.82) is 0 Å². The number of halogens is 2. The van der Waals surface area contributed by atoms with E-state index in [2.05, 4.69) is 19.2 Å². The van der Waals surface area contributed by atoms with E-state index in [0.29, 0.717) is 52.7 Å². The third-order valence-corrected chi connectivity index (χ3v) is 8.33. The van der Waals surface area contributed by atoms with E-state index in [1.807, 2.05) is 17.0 Å². The molecule has 1 aliphatic rings. The van der Waals surface area contributed by atoms with E-state index in [9.17, 15) is 13.2 Å². The molecule has 0 bridgehead atoms. The van der Waals surface area contributed by atoms with Crippen LogP contribution in [0.2, 0.25) is 10.0 Å². The van der Waals surface area contributed by atoms with E-state index in [1.165, 1.54) is 4.31 Å². The molecule has 0 radical (unpaired) electrons. The summed E-state index contributed by atoms with van der Waals surface area (Å²) < 4.78 is 27.5. The summed E-state index contributed by atoms with van der Waals surface area (Å²) in [5.74, 6) is 0.125. The summed E-state index contributed by atoms with van der Waals surface area (Å²) in [4.78, 5) is 14.9. The lowest BCUT2D eigenvalue weighted by Crippen LogP contribution is -2.53. The van der Waals surface area contributed by atoms with Crippen LogP contribution in [0.3, 0.4) is 0 Å². The van der Waals surface area contributed by atoms with Gasteiger partial charge >= 0.3 is 0 Å². The molecule has 0 saturated carbocycles. The van der Waals surface area contributed by atoms with Crippen LogP contribution in [0.15, 0.2) is 47.4 Å². The number of hydrogen-bond donors (Lipinski definition) is 1. The van der Waals surface area contributed by atoms with Crippen molar-refractivity contribution in [3.8, 4) is 0 Å². The highest BCUT2D eigenvalue weighted by Crippen LogP contribution is 2.30. The number of benzene rings is 2. The summed E-state index contributed by atoms with van der Waals surface area (Å²) in [5, 5.41) is 3.46. The van der Waals surface area contributed by atoms with Crippen molar-refractivity contribution in [3.05, 3.63) is 58.1 Å². The van der Waals surface area contributed by atoms with E-state index >= 15 is 0 Å². The molecule has 168 valence electrons. The monoisotopic (exact) mass is 483 g/mol. The molecule has 1 atom stereocenters. The Bertz CT molecular complexity index is 1030. The zero-order chi connectivity index (χ0) is 22.8. The van der Waals surface area contributed by atoms with Gasteiger partial charge in [-0.2, -0.15) is 4.31 Å². The normalized spacial score (nSPS) is 17.0. The number of piperazine rings is 1. The average Bonchev–Trinajstić information content (AvgIpc) is 2.76. The minimum absolute atomic E-state index is 0.218. The van der Waals surface area contributed by atoms with E-state index in [4.69, 9.17) is 23.2 Å². The number of nitrogens with zero attached hydrogens (tertiary/aromatic N) is 2. The van der Waals surface area contributed by atoms with Crippen LogP contribution >= 0.6 is 23.2 Å². The third kappa shape index (κ3) is 5.41. The molecular formula is C22H27Cl2N3O3S. The highest BCUT2D eigenvalue weighted by molar-refractivity contribution is 7.89. The van der Waals surface area contributed by atoms with Crippen LogP contribution in [0.4, 0.5) is 5.69 Å². The van der Waals surface area contributed by atoms with Crippen molar-refractivity contribution in [3.63, 3.8) is 0 Å². The number of amides is 1. The molecule has 0 unspecified atom stereocenters. The number of carbonyl (C=O) groups is 1. The molecule has 1 amide bonds. The molecule has 1 saturated heterocycles. The lowest BCUT2D eigenvalue weighted by molar-refractivity contribution is -0.121. The SMILES string of the molecule is CC(C)c1ccc(S(=O)(=O)N2CCN([C@@H](C)C(=O)Nc3cccc(Cl)c3Cl)CC2)cc1. The zero-order valence-corrected chi connectivity index (χ0v) is 20.1. The Kier molecular flexibility index (Phi) is 7.65. The van der Waals surface area contributed by atoms with Crippen LogP contribution in [-0.2, 0) is 14.8 Å². The van der Waals surface area contributed by atoms with Gasteiger partial charge in [0.1, 0.15) is 0 Å². The molecule has 1 fully saturated rings. The van der Waals surface area contributed by atoms with Gasteiger partial charge in [-0.25, -0.2) is 8.42 Å². The van der Waals surface area contributed by atoms with Crippen molar-refractivity contribution in [1.82, 2.24) is 9.21 Å². The molecule has 31 heavy (non-hydrogen) atoms. The van der Waals surface area contributed by atoms with Gasteiger partial charge < -0.3 is 5.32 Å². The van der Waals surface area contributed by atoms with Gasteiger partial charge in [0, 0.05) is 26.2 Å². The van der Waals surface area contributed by atoms with Crippen LogP contribution in [-0.4, -0.2) is 55.8 Å². The Balaban J connectivity index is 1.61. The summed E-state index contributed by atoms with van der Waals surface area (Å²) in [7, 11) is -3.56. The Morgan fingerprint density at radius 1 is 0.968 bits per heavy atom. The second-order valence-corrected chi connectivity index (χ2v) is 10.7. The van der Waals surface area contributed by atoms with E-state index < -0.39 is 16.1 Å². The maximum atomic E-state index is 13.0. The van der Waals surface area contributed by atoms with Crippen LogP contribution in [0.25, 0.3) is 0 Å². The van der Waals surface area contributed by atoms with Gasteiger partial charge in [-0.15, -0.1) is 0 Å².